The molecule has 1 aromatic heterocycles. The molecule has 0 amide bonds. The van der Waals surface area contributed by atoms with Crippen LogP contribution in [0.25, 0.3) is 0 Å². The average Bonchev–Trinajstić information content (AvgIpc) is 2.01. The molecule has 1 aliphatic carbocycles. The van der Waals surface area contributed by atoms with E-state index in [1.807, 2.05) is 0 Å². The highest BCUT2D eigenvalue weighted by Gasteiger charge is 2.16. The monoisotopic (exact) mass is 197 g/mol. The highest BCUT2D eigenvalue weighted by atomic mass is 35.5. The van der Waals surface area contributed by atoms with Gasteiger partial charge in [-0.2, -0.15) is 0 Å². The summed E-state index contributed by atoms with van der Waals surface area (Å²) >= 11 is 5.72. The molecule has 70 valence electrons. The molecule has 1 N–H and O–H groups in total. The molecule has 2 rings (SSSR count). The van der Waals surface area contributed by atoms with Gasteiger partial charge in [0, 0.05) is 12.6 Å². The Kier molecular flexibility index (Phi) is 2.64. The minimum atomic E-state index is 0.492. The van der Waals surface area contributed by atoms with Crippen molar-refractivity contribution in [3.63, 3.8) is 0 Å². The highest BCUT2D eigenvalue weighted by molar-refractivity contribution is 6.29. The standard InChI is InChI=1S/C9H12ClN3/c10-8-4-9(13-6-12-8)11-5-7-2-1-3-7/h4,6-7H,1-3,5H2,(H,11,12,13). The number of nitrogens with zero attached hydrogens (tertiary/aromatic N) is 2. The second-order valence-corrected chi connectivity index (χ2v) is 3.79. The Balaban J connectivity index is 1.86. The summed E-state index contributed by atoms with van der Waals surface area (Å²) in [5.41, 5.74) is 0. The number of hydrogen-bond acceptors (Lipinski definition) is 3. The molecule has 1 fully saturated rings. The Hall–Kier alpha value is -0.830. The van der Waals surface area contributed by atoms with E-state index in [0.717, 1.165) is 18.3 Å². The van der Waals surface area contributed by atoms with Crippen molar-refractivity contribution in [1.82, 2.24) is 9.97 Å². The van der Waals surface area contributed by atoms with Gasteiger partial charge in [0.1, 0.15) is 17.3 Å². The molecule has 13 heavy (non-hydrogen) atoms. The van der Waals surface area contributed by atoms with Gasteiger partial charge in [0.15, 0.2) is 0 Å². The zero-order valence-electron chi connectivity index (χ0n) is 7.33. The van der Waals surface area contributed by atoms with Crippen molar-refractivity contribution in [3.8, 4) is 0 Å². The number of aromatic nitrogens is 2. The van der Waals surface area contributed by atoms with Crippen LogP contribution in [-0.4, -0.2) is 16.5 Å². The molecule has 1 saturated carbocycles. The van der Waals surface area contributed by atoms with E-state index in [1.54, 1.807) is 6.07 Å². The third-order valence-electron chi connectivity index (χ3n) is 2.43. The van der Waals surface area contributed by atoms with E-state index in [9.17, 15) is 0 Å². The normalized spacial score (nSPS) is 16.7. The predicted octanol–water partition coefficient (Wildman–Crippen LogP) is 2.34. The lowest BCUT2D eigenvalue weighted by atomic mass is 9.85. The number of nitrogens with one attached hydrogen (secondary N) is 1. The van der Waals surface area contributed by atoms with Crippen LogP contribution in [0.1, 0.15) is 19.3 Å². The second-order valence-electron chi connectivity index (χ2n) is 3.40. The molecular formula is C9H12ClN3. The van der Waals surface area contributed by atoms with Gasteiger partial charge in [-0.05, 0) is 18.8 Å². The lowest BCUT2D eigenvalue weighted by Crippen LogP contribution is -2.21. The molecule has 3 nitrogen and oxygen atoms in total. The fraction of sp³-hybridized carbons (Fsp3) is 0.556. The van der Waals surface area contributed by atoms with Gasteiger partial charge >= 0.3 is 0 Å². The molecule has 0 aliphatic heterocycles. The Morgan fingerprint density at radius 3 is 2.92 bits per heavy atom. The summed E-state index contributed by atoms with van der Waals surface area (Å²) in [5.74, 6) is 1.65. The van der Waals surface area contributed by atoms with E-state index in [-0.39, 0.29) is 0 Å². The van der Waals surface area contributed by atoms with Crippen LogP contribution in [0.2, 0.25) is 5.15 Å². The smallest absolute Gasteiger partial charge is 0.134 e. The van der Waals surface area contributed by atoms with E-state index in [1.165, 1.54) is 25.6 Å². The number of halogens is 1. The Morgan fingerprint density at radius 1 is 1.46 bits per heavy atom. The molecule has 4 heteroatoms. The van der Waals surface area contributed by atoms with Gasteiger partial charge in [-0.25, -0.2) is 9.97 Å². The lowest BCUT2D eigenvalue weighted by molar-refractivity contribution is 0.333. The van der Waals surface area contributed by atoms with E-state index in [0.29, 0.717) is 5.15 Å². The summed E-state index contributed by atoms with van der Waals surface area (Å²) < 4.78 is 0. The van der Waals surface area contributed by atoms with Crippen molar-refractivity contribution in [2.45, 2.75) is 19.3 Å². The Bertz CT molecular complexity index is 286. The summed E-state index contributed by atoms with van der Waals surface area (Å²) in [4.78, 5) is 7.88. The third-order valence-corrected chi connectivity index (χ3v) is 2.64. The van der Waals surface area contributed by atoms with Crippen LogP contribution in [0, 0.1) is 5.92 Å². The van der Waals surface area contributed by atoms with Gasteiger partial charge in [-0.3, -0.25) is 0 Å². The van der Waals surface area contributed by atoms with E-state index >= 15 is 0 Å². The summed E-state index contributed by atoms with van der Waals surface area (Å²) in [5, 5.41) is 3.74. The number of anilines is 1. The topological polar surface area (TPSA) is 37.8 Å². The highest BCUT2D eigenvalue weighted by Crippen LogP contribution is 2.26. The van der Waals surface area contributed by atoms with Crippen molar-refractivity contribution in [2.24, 2.45) is 5.92 Å². The molecule has 1 aliphatic rings. The minimum Gasteiger partial charge on any atom is -0.370 e. The zero-order valence-corrected chi connectivity index (χ0v) is 8.09. The molecule has 0 unspecified atom stereocenters. The first-order valence-electron chi connectivity index (χ1n) is 4.56. The van der Waals surface area contributed by atoms with Crippen molar-refractivity contribution in [3.05, 3.63) is 17.5 Å². The van der Waals surface area contributed by atoms with Crippen LogP contribution >= 0.6 is 11.6 Å². The first kappa shape index (κ1) is 8.75. The quantitative estimate of drug-likeness (QED) is 0.756. The van der Waals surface area contributed by atoms with Crippen molar-refractivity contribution >= 4 is 17.4 Å². The average molecular weight is 198 g/mol. The summed E-state index contributed by atoms with van der Waals surface area (Å²) in [7, 11) is 0. The van der Waals surface area contributed by atoms with Crippen LogP contribution in [0.3, 0.4) is 0 Å². The SMILES string of the molecule is Clc1cc(NCC2CCC2)ncn1. The molecule has 0 bridgehead atoms. The fourth-order valence-electron chi connectivity index (χ4n) is 1.38. The van der Waals surface area contributed by atoms with E-state index < -0.39 is 0 Å². The van der Waals surface area contributed by atoms with Crippen molar-refractivity contribution in [1.29, 1.82) is 0 Å². The van der Waals surface area contributed by atoms with E-state index in [4.69, 9.17) is 11.6 Å². The van der Waals surface area contributed by atoms with Crippen LogP contribution in [-0.2, 0) is 0 Å². The van der Waals surface area contributed by atoms with Gasteiger partial charge in [0.2, 0.25) is 0 Å². The summed E-state index contributed by atoms with van der Waals surface area (Å²) in [6.07, 6.45) is 5.53. The molecule has 1 heterocycles. The fourth-order valence-corrected chi connectivity index (χ4v) is 1.52. The molecule has 0 spiro atoms. The van der Waals surface area contributed by atoms with Gasteiger partial charge in [-0.15, -0.1) is 0 Å². The van der Waals surface area contributed by atoms with Gasteiger partial charge in [-0.1, -0.05) is 18.0 Å². The zero-order chi connectivity index (χ0) is 9.10. The Morgan fingerprint density at radius 2 is 2.31 bits per heavy atom. The van der Waals surface area contributed by atoms with Crippen LogP contribution in [0.5, 0.6) is 0 Å². The van der Waals surface area contributed by atoms with Crippen molar-refractivity contribution < 1.29 is 0 Å². The maximum Gasteiger partial charge on any atom is 0.134 e. The molecule has 0 atom stereocenters. The van der Waals surface area contributed by atoms with Crippen LogP contribution < -0.4 is 5.32 Å². The van der Waals surface area contributed by atoms with Crippen LogP contribution in [0.15, 0.2) is 12.4 Å². The number of hydrogen-bond donors (Lipinski definition) is 1. The number of rotatable bonds is 3. The lowest BCUT2D eigenvalue weighted by Gasteiger charge is -2.25. The summed E-state index contributed by atoms with van der Waals surface area (Å²) in [6.45, 7) is 1.01. The van der Waals surface area contributed by atoms with Crippen molar-refractivity contribution in [2.75, 3.05) is 11.9 Å². The largest absolute Gasteiger partial charge is 0.370 e. The molecule has 1 aromatic rings. The Labute approximate surface area is 82.5 Å². The van der Waals surface area contributed by atoms with Crippen LogP contribution in [0.4, 0.5) is 5.82 Å². The second kappa shape index (κ2) is 3.92. The minimum absolute atomic E-state index is 0.492. The summed E-state index contributed by atoms with van der Waals surface area (Å²) in [6, 6.07) is 1.75. The molecule has 0 saturated heterocycles. The third kappa shape index (κ3) is 2.31. The van der Waals surface area contributed by atoms with Gasteiger partial charge < -0.3 is 5.32 Å². The van der Waals surface area contributed by atoms with Gasteiger partial charge in [0.05, 0.1) is 0 Å². The maximum atomic E-state index is 5.72. The predicted molar refractivity (Wildman–Crippen MR) is 52.9 cm³/mol. The molecule has 0 aromatic carbocycles. The maximum absolute atomic E-state index is 5.72. The first-order chi connectivity index (χ1) is 6.34. The van der Waals surface area contributed by atoms with Gasteiger partial charge in [0.25, 0.3) is 0 Å². The molecular weight excluding hydrogens is 186 g/mol. The molecule has 0 radical (unpaired) electrons. The first-order valence-corrected chi connectivity index (χ1v) is 4.94. The van der Waals surface area contributed by atoms with E-state index in [2.05, 4.69) is 15.3 Å².